The van der Waals surface area contributed by atoms with E-state index in [9.17, 15) is 14.7 Å². The lowest BCUT2D eigenvalue weighted by molar-refractivity contribution is -0.125. The van der Waals surface area contributed by atoms with E-state index in [0.29, 0.717) is 5.57 Å². The summed E-state index contributed by atoms with van der Waals surface area (Å²) in [7, 11) is 0. The summed E-state index contributed by atoms with van der Waals surface area (Å²) in [6.45, 7) is 7.65. The summed E-state index contributed by atoms with van der Waals surface area (Å²) in [5.74, 6) is -0.490. The van der Waals surface area contributed by atoms with E-state index in [1.54, 1.807) is 13.0 Å². The molecular formula is C19H25NO4. The van der Waals surface area contributed by atoms with E-state index in [1.807, 2.05) is 51.1 Å². The van der Waals surface area contributed by atoms with Gasteiger partial charge in [-0.3, -0.25) is 4.79 Å². The molecule has 0 radical (unpaired) electrons. The zero-order valence-corrected chi connectivity index (χ0v) is 14.6. The van der Waals surface area contributed by atoms with Crippen LogP contribution in [0.3, 0.4) is 0 Å². The van der Waals surface area contributed by atoms with E-state index in [2.05, 4.69) is 0 Å². The molecule has 1 aromatic carbocycles. The smallest absolute Gasteiger partial charge is 0.417 e. The fraction of sp³-hybridized carbons (Fsp3) is 0.474. The number of amides is 2. The van der Waals surface area contributed by atoms with E-state index in [0.717, 1.165) is 5.56 Å². The maximum absolute atomic E-state index is 12.6. The second kappa shape index (κ2) is 7.62. The maximum Gasteiger partial charge on any atom is 0.417 e. The van der Waals surface area contributed by atoms with Crippen LogP contribution in [-0.4, -0.2) is 34.7 Å². The summed E-state index contributed by atoms with van der Waals surface area (Å²) in [6.07, 6.45) is 0.409. The van der Waals surface area contributed by atoms with E-state index >= 15 is 0 Å². The minimum absolute atomic E-state index is 0.125. The van der Waals surface area contributed by atoms with Crippen LogP contribution in [0.5, 0.6) is 0 Å². The molecule has 2 rings (SSSR count). The molecule has 1 aliphatic rings. The minimum atomic E-state index is -0.708. The molecule has 5 heteroatoms. The molecule has 1 fully saturated rings. The van der Waals surface area contributed by atoms with Gasteiger partial charge in [0.05, 0.1) is 12.1 Å². The van der Waals surface area contributed by atoms with Crippen molar-refractivity contribution in [1.82, 2.24) is 4.90 Å². The standard InChI is InChI=1S/C19H25NO4/c1-12(2)16-11-24-19(23)20(16)18(22)14(4)10-13(3)17(21)15-8-6-5-7-9-15/h5-10,12-13,16-17,21H,11H2,1-4H3/b14-10+/t13-,16+,17+/m0/s1. The highest BCUT2D eigenvalue weighted by Crippen LogP contribution is 2.26. The van der Waals surface area contributed by atoms with Gasteiger partial charge >= 0.3 is 6.09 Å². The number of aliphatic hydroxyl groups is 1. The highest BCUT2D eigenvalue weighted by molar-refractivity contribution is 6.03. The van der Waals surface area contributed by atoms with Crippen molar-refractivity contribution in [3.63, 3.8) is 0 Å². The largest absolute Gasteiger partial charge is 0.447 e. The molecule has 0 aliphatic carbocycles. The molecule has 1 aliphatic heterocycles. The van der Waals surface area contributed by atoms with Gasteiger partial charge in [0.25, 0.3) is 5.91 Å². The summed E-state index contributed by atoms with van der Waals surface area (Å²) >= 11 is 0. The lowest BCUT2D eigenvalue weighted by atomic mass is 9.95. The third-order valence-electron chi connectivity index (χ3n) is 4.38. The lowest BCUT2D eigenvalue weighted by Gasteiger charge is -2.23. The number of imide groups is 1. The highest BCUT2D eigenvalue weighted by Gasteiger charge is 2.39. The van der Waals surface area contributed by atoms with Crippen LogP contribution in [-0.2, 0) is 9.53 Å². The highest BCUT2D eigenvalue weighted by atomic mass is 16.6. The third-order valence-corrected chi connectivity index (χ3v) is 4.38. The van der Waals surface area contributed by atoms with Crippen molar-refractivity contribution in [2.75, 3.05) is 6.61 Å². The van der Waals surface area contributed by atoms with Crippen molar-refractivity contribution >= 4 is 12.0 Å². The first-order valence-electron chi connectivity index (χ1n) is 8.24. The Morgan fingerprint density at radius 2 is 1.92 bits per heavy atom. The van der Waals surface area contributed by atoms with Crippen LogP contribution in [0.1, 0.15) is 39.4 Å². The topological polar surface area (TPSA) is 66.8 Å². The predicted octanol–water partition coefficient (Wildman–Crippen LogP) is 3.31. The van der Waals surface area contributed by atoms with E-state index < -0.39 is 12.2 Å². The zero-order chi connectivity index (χ0) is 17.9. The molecule has 0 spiro atoms. The molecule has 5 nitrogen and oxygen atoms in total. The second-order valence-corrected chi connectivity index (χ2v) is 6.63. The molecule has 1 aromatic rings. The first-order valence-corrected chi connectivity index (χ1v) is 8.24. The number of carbonyl (C=O) groups excluding carboxylic acids is 2. The Labute approximate surface area is 142 Å². The molecule has 130 valence electrons. The Balaban J connectivity index is 2.14. The van der Waals surface area contributed by atoms with Crippen molar-refractivity contribution in [3.05, 3.63) is 47.5 Å². The minimum Gasteiger partial charge on any atom is -0.447 e. The van der Waals surface area contributed by atoms with Crippen molar-refractivity contribution in [2.45, 2.75) is 39.8 Å². The van der Waals surface area contributed by atoms with Gasteiger partial charge in [-0.25, -0.2) is 9.69 Å². The van der Waals surface area contributed by atoms with Crippen molar-refractivity contribution in [2.24, 2.45) is 11.8 Å². The first kappa shape index (κ1) is 18.2. The predicted molar refractivity (Wildman–Crippen MR) is 91.1 cm³/mol. The Morgan fingerprint density at radius 3 is 2.50 bits per heavy atom. The number of ether oxygens (including phenoxy) is 1. The Bertz CT molecular complexity index is 624. The van der Waals surface area contributed by atoms with Crippen LogP contribution in [0.4, 0.5) is 4.79 Å². The van der Waals surface area contributed by atoms with Crippen LogP contribution in [0, 0.1) is 11.8 Å². The van der Waals surface area contributed by atoms with Gasteiger partial charge in [-0.2, -0.15) is 0 Å². The molecule has 1 N–H and O–H groups in total. The quantitative estimate of drug-likeness (QED) is 0.841. The third kappa shape index (κ3) is 3.85. The molecule has 0 unspecified atom stereocenters. The van der Waals surface area contributed by atoms with Gasteiger partial charge in [-0.1, -0.05) is 57.2 Å². The van der Waals surface area contributed by atoms with Crippen molar-refractivity contribution in [3.8, 4) is 0 Å². The Hall–Kier alpha value is -2.14. The van der Waals surface area contributed by atoms with Gasteiger partial charge in [0, 0.05) is 11.5 Å². The zero-order valence-electron chi connectivity index (χ0n) is 14.6. The molecule has 0 bridgehead atoms. The van der Waals surface area contributed by atoms with Crippen LogP contribution in [0.2, 0.25) is 0 Å². The number of benzene rings is 1. The van der Waals surface area contributed by atoms with Crippen LogP contribution in [0.15, 0.2) is 42.0 Å². The summed E-state index contributed by atoms with van der Waals surface area (Å²) in [5.41, 5.74) is 1.23. The number of rotatable bonds is 5. The molecule has 0 aromatic heterocycles. The van der Waals surface area contributed by atoms with Gasteiger partial charge < -0.3 is 9.84 Å². The number of hydrogen-bond donors (Lipinski definition) is 1. The number of carbonyl (C=O) groups is 2. The summed E-state index contributed by atoms with van der Waals surface area (Å²) < 4.78 is 5.02. The van der Waals surface area contributed by atoms with E-state index in [4.69, 9.17) is 4.74 Å². The normalized spacial score (nSPS) is 20.9. The van der Waals surface area contributed by atoms with Gasteiger partial charge in [0.1, 0.15) is 6.61 Å². The maximum atomic E-state index is 12.6. The van der Waals surface area contributed by atoms with Crippen LogP contribution in [0.25, 0.3) is 0 Å². The van der Waals surface area contributed by atoms with Crippen LogP contribution >= 0.6 is 0 Å². The lowest BCUT2D eigenvalue weighted by Crippen LogP contribution is -2.42. The summed E-state index contributed by atoms with van der Waals surface area (Å²) in [6, 6.07) is 9.05. The van der Waals surface area contributed by atoms with Crippen LogP contribution < -0.4 is 0 Å². The summed E-state index contributed by atoms with van der Waals surface area (Å²) in [4.78, 5) is 25.7. The van der Waals surface area contributed by atoms with Gasteiger partial charge in [0.2, 0.25) is 0 Å². The fourth-order valence-electron chi connectivity index (χ4n) is 2.86. The van der Waals surface area contributed by atoms with Gasteiger partial charge in [-0.05, 0) is 18.4 Å². The monoisotopic (exact) mass is 331 g/mol. The molecule has 24 heavy (non-hydrogen) atoms. The second-order valence-electron chi connectivity index (χ2n) is 6.63. The van der Waals surface area contributed by atoms with E-state index in [-0.39, 0.29) is 30.4 Å². The molecular weight excluding hydrogens is 306 g/mol. The number of aliphatic hydroxyl groups excluding tert-OH is 1. The van der Waals surface area contributed by atoms with E-state index in [1.165, 1.54) is 4.90 Å². The van der Waals surface area contributed by atoms with Crippen molar-refractivity contribution in [1.29, 1.82) is 0 Å². The number of hydrogen-bond acceptors (Lipinski definition) is 4. The first-order chi connectivity index (χ1) is 11.3. The SMILES string of the molecule is C/C(=C\[C@H](C)[C@@H](O)c1ccccc1)C(=O)N1C(=O)OC[C@@H]1C(C)C. The molecule has 3 atom stereocenters. The average Bonchev–Trinajstić information content (AvgIpc) is 2.95. The Morgan fingerprint density at radius 1 is 1.29 bits per heavy atom. The number of cyclic esters (lactones) is 1. The molecule has 1 heterocycles. The van der Waals surface area contributed by atoms with Gasteiger partial charge in [0.15, 0.2) is 0 Å². The van der Waals surface area contributed by atoms with Crippen molar-refractivity contribution < 1.29 is 19.4 Å². The van der Waals surface area contributed by atoms with Gasteiger partial charge in [-0.15, -0.1) is 0 Å². The molecule has 0 saturated carbocycles. The Kier molecular flexibility index (Phi) is 5.78. The summed E-state index contributed by atoms with van der Waals surface area (Å²) in [5, 5.41) is 10.4. The fourth-order valence-corrected chi connectivity index (χ4v) is 2.86. The average molecular weight is 331 g/mol. The number of nitrogens with zero attached hydrogens (tertiary/aromatic N) is 1. The molecule has 2 amide bonds. The molecule has 1 saturated heterocycles.